The van der Waals surface area contributed by atoms with E-state index < -0.39 is 0 Å². The van der Waals surface area contributed by atoms with Crippen molar-refractivity contribution in [3.05, 3.63) is 28.2 Å². The summed E-state index contributed by atoms with van der Waals surface area (Å²) in [4.78, 5) is 11.8. The maximum atomic E-state index is 11.8. The molecule has 1 unspecified atom stereocenters. The lowest BCUT2D eigenvalue weighted by atomic mass is 10.2. The summed E-state index contributed by atoms with van der Waals surface area (Å²) in [6, 6.07) is 4.64. The van der Waals surface area contributed by atoms with E-state index in [1.54, 1.807) is 26.4 Å². The molecule has 0 aliphatic heterocycles. The third-order valence-electron chi connectivity index (χ3n) is 2.38. The van der Waals surface area contributed by atoms with Crippen molar-refractivity contribution in [1.82, 2.24) is 5.32 Å². The average molecular weight is 318 g/mol. The number of methoxy groups -OCH3 is 2. The fourth-order valence-corrected chi connectivity index (χ4v) is 1.61. The smallest absolute Gasteiger partial charge is 0.251 e. The number of nitrogens with one attached hydrogen (secondary N) is 1. The van der Waals surface area contributed by atoms with E-state index in [1.165, 1.54) is 6.07 Å². The SMILES string of the molecule is COCC(CNC(=O)c1ccc(Br)c(O)c1)OC. The number of hydrogen-bond donors (Lipinski definition) is 2. The summed E-state index contributed by atoms with van der Waals surface area (Å²) in [5.41, 5.74) is 0.392. The second kappa shape index (κ2) is 7.35. The number of ether oxygens (including phenoxy) is 2. The first kappa shape index (κ1) is 14.9. The largest absolute Gasteiger partial charge is 0.507 e. The van der Waals surface area contributed by atoms with Gasteiger partial charge in [0, 0.05) is 26.3 Å². The van der Waals surface area contributed by atoms with Gasteiger partial charge in [-0.3, -0.25) is 4.79 Å². The van der Waals surface area contributed by atoms with Crippen LogP contribution in [-0.4, -0.2) is 44.5 Å². The standard InChI is InChI=1S/C12H16BrNO4/c1-17-7-9(18-2)6-14-12(16)8-3-4-10(13)11(15)5-8/h3-5,9,15H,6-7H2,1-2H3,(H,14,16). The van der Waals surface area contributed by atoms with E-state index in [-0.39, 0.29) is 17.8 Å². The first-order chi connectivity index (χ1) is 8.58. The van der Waals surface area contributed by atoms with Gasteiger partial charge in [-0.2, -0.15) is 0 Å². The van der Waals surface area contributed by atoms with E-state index in [2.05, 4.69) is 21.2 Å². The third kappa shape index (κ3) is 4.29. The summed E-state index contributed by atoms with van der Waals surface area (Å²) >= 11 is 3.15. The minimum Gasteiger partial charge on any atom is -0.507 e. The van der Waals surface area contributed by atoms with Gasteiger partial charge in [0.1, 0.15) is 5.75 Å². The predicted molar refractivity (Wildman–Crippen MR) is 70.8 cm³/mol. The Morgan fingerprint density at radius 1 is 1.50 bits per heavy atom. The fourth-order valence-electron chi connectivity index (χ4n) is 1.36. The summed E-state index contributed by atoms with van der Waals surface area (Å²) in [6.07, 6.45) is -0.192. The van der Waals surface area contributed by atoms with Gasteiger partial charge in [-0.05, 0) is 34.1 Å². The Morgan fingerprint density at radius 3 is 2.78 bits per heavy atom. The van der Waals surface area contributed by atoms with Crippen LogP contribution in [0.5, 0.6) is 5.75 Å². The maximum absolute atomic E-state index is 11.8. The maximum Gasteiger partial charge on any atom is 0.251 e. The van der Waals surface area contributed by atoms with E-state index >= 15 is 0 Å². The van der Waals surface area contributed by atoms with Gasteiger partial charge in [0.05, 0.1) is 17.2 Å². The topological polar surface area (TPSA) is 67.8 Å². The minimum absolute atomic E-state index is 0.0304. The molecule has 0 aliphatic rings. The first-order valence-corrected chi connectivity index (χ1v) is 6.16. The number of phenols is 1. The lowest BCUT2D eigenvalue weighted by molar-refractivity contribution is 0.0285. The van der Waals surface area contributed by atoms with Gasteiger partial charge in [-0.15, -0.1) is 0 Å². The van der Waals surface area contributed by atoms with Crippen LogP contribution in [0.1, 0.15) is 10.4 Å². The number of phenolic OH excluding ortho intramolecular Hbond substituents is 1. The zero-order chi connectivity index (χ0) is 13.5. The average Bonchev–Trinajstić information content (AvgIpc) is 2.37. The molecular formula is C12H16BrNO4. The normalized spacial score (nSPS) is 12.2. The lowest BCUT2D eigenvalue weighted by Gasteiger charge is -2.15. The Bertz CT molecular complexity index is 411. The molecule has 0 fully saturated rings. The highest BCUT2D eigenvalue weighted by molar-refractivity contribution is 9.10. The molecule has 1 rings (SSSR count). The highest BCUT2D eigenvalue weighted by Gasteiger charge is 2.11. The van der Waals surface area contributed by atoms with Crippen LogP contribution >= 0.6 is 15.9 Å². The number of carbonyl (C=O) groups is 1. The zero-order valence-corrected chi connectivity index (χ0v) is 11.9. The van der Waals surface area contributed by atoms with E-state index in [4.69, 9.17) is 9.47 Å². The second-order valence-corrected chi connectivity index (χ2v) is 4.54. The molecule has 0 spiro atoms. The fraction of sp³-hybridized carbons (Fsp3) is 0.417. The van der Waals surface area contributed by atoms with E-state index in [1.807, 2.05) is 0 Å². The van der Waals surface area contributed by atoms with Gasteiger partial charge in [-0.1, -0.05) is 0 Å². The second-order valence-electron chi connectivity index (χ2n) is 3.69. The van der Waals surface area contributed by atoms with E-state index in [9.17, 15) is 9.90 Å². The summed E-state index contributed by atoms with van der Waals surface area (Å²) in [6.45, 7) is 0.752. The van der Waals surface area contributed by atoms with Crippen LogP contribution in [0.3, 0.4) is 0 Å². The Labute approximate surface area is 114 Å². The first-order valence-electron chi connectivity index (χ1n) is 5.37. The minimum atomic E-state index is -0.268. The van der Waals surface area contributed by atoms with Crippen molar-refractivity contribution in [2.24, 2.45) is 0 Å². The molecule has 0 saturated carbocycles. The molecule has 0 heterocycles. The zero-order valence-electron chi connectivity index (χ0n) is 10.3. The number of aromatic hydroxyl groups is 1. The monoisotopic (exact) mass is 317 g/mol. The Balaban J connectivity index is 2.57. The molecule has 0 radical (unpaired) electrons. The van der Waals surface area contributed by atoms with E-state index in [0.29, 0.717) is 23.2 Å². The van der Waals surface area contributed by atoms with Gasteiger partial charge >= 0.3 is 0 Å². The van der Waals surface area contributed by atoms with Crippen LogP contribution in [0.4, 0.5) is 0 Å². The van der Waals surface area contributed by atoms with Crippen molar-refractivity contribution in [1.29, 1.82) is 0 Å². The molecule has 0 bridgehead atoms. The molecular weight excluding hydrogens is 302 g/mol. The summed E-state index contributed by atoms with van der Waals surface area (Å²) in [5, 5.41) is 12.2. The van der Waals surface area contributed by atoms with Crippen LogP contribution in [0.15, 0.2) is 22.7 Å². The van der Waals surface area contributed by atoms with Gasteiger partial charge in [0.15, 0.2) is 0 Å². The van der Waals surface area contributed by atoms with Crippen molar-refractivity contribution in [2.45, 2.75) is 6.10 Å². The number of carbonyl (C=O) groups excluding carboxylic acids is 1. The molecule has 1 aromatic rings. The number of rotatable bonds is 6. The molecule has 6 heteroatoms. The van der Waals surface area contributed by atoms with Gasteiger partial charge in [0.2, 0.25) is 0 Å². The van der Waals surface area contributed by atoms with Crippen molar-refractivity contribution in [3.63, 3.8) is 0 Å². The summed E-state index contributed by atoms with van der Waals surface area (Å²) < 4.78 is 10.6. The molecule has 0 aliphatic carbocycles. The molecule has 0 aromatic heterocycles. The van der Waals surface area contributed by atoms with Crippen LogP contribution in [0.25, 0.3) is 0 Å². The van der Waals surface area contributed by atoms with Crippen LogP contribution in [-0.2, 0) is 9.47 Å². The van der Waals surface area contributed by atoms with Crippen LogP contribution < -0.4 is 5.32 Å². The Hall–Kier alpha value is -1.11. The summed E-state index contributed by atoms with van der Waals surface area (Å²) in [5.74, 6) is -0.237. The lowest BCUT2D eigenvalue weighted by Crippen LogP contribution is -2.35. The van der Waals surface area contributed by atoms with Crippen molar-refractivity contribution >= 4 is 21.8 Å². The molecule has 1 aromatic carbocycles. The van der Waals surface area contributed by atoms with Crippen LogP contribution in [0.2, 0.25) is 0 Å². The van der Waals surface area contributed by atoms with Gasteiger partial charge in [-0.25, -0.2) is 0 Å². The highest BCUT2D eigenvalue weighted by atomic mass is 79.9. The number of benzene rings is 1. The Kier molecular flexibility index (Phi) is 6.11. The van der Waals surface area contributed by atoms with Crippen LogP contribution in [0, 0.1) is 0 Å². The summed E-state index contributed by atoms with van der Waals surface area (Å²) in [7, 11) is 3.13. The van der Waals surface area contributed by atoms with Crippen molar-refractivity contribution < 1.29 is 19.4 Å². The van der Waals surface area contributed by atoms with Crippen molar-refractivity contribution in [3.8, 4) is 5.75 Å². The molecule has 1 atom stereocenters. The highest BCUT2D eigenvalue weighted by Crippen LogP contribution is 2.24. The number of halogens is 1. The molecule has 100 valence electrons. The Morgan fingerprint density at radius 2 is 2.22 bits per heavy atom. The predicted octanol–water partition coefficient (Wildman–Crippen LogP) is 1.55. The van der Waals surface area contributed by atoms with E-state index in [0.717, 1.165) is 0 Å². The van der Waals surface area contributed by atoms with Crippen molar-refractivity contribution in [2.75, 3.05) is 27.4 Å². The molecule has 0 saturated heterocycles. The third-order valence-corrected chi connectivity index (χ3v) is 3.06. The molecule has 5 nitrogen and oxygen atoms in total. The number of hydrogen-bond acceptors (Lipinski definition) is 4. The van der Waals surface area contributed by atoms with Gasteiger partial charge in [0.25, 0.3) is 5.91 Å². The molecule has 1 amide bonds. The quantitative estimate of drug-likeness (QED) is 0.835. The molecule has 18 heavy (non-hydrogen) atoms. The van der Waals surface area contributed by atoms with Gasteiger partial charge < -0.3 is 19.9 Å². The molecule has 2 N–H and O–H groups in total. The number of amides is 1.